The van der Waals surface area contributed by atoms with Crippen molar-refractivity contribution in [3.63, 3.8) is 0 Å². The fourth-order valence-corrected chi connectivity index (χ4v) is 4.08. The minimum atomic E-state index is -8.92. The van der Waals surface area contributed by atoms with Gasteiger partial charge in [0.1, 0.15) is 6.61 Å². The zero-order chi connectivity index (χ0) is 32.9. The van der Waals surface area contributed by atoms with Gasteiger partial charge in [-0.2, -0.15) is 78.9 Å². The van der Waals surface area contributed by atoms with Crippen LogP contribution in [0.2, 0.25) is 0 Å². The first-order chi connectivity index (χ1) is 17.2. The van der Waals surface area contributed by atoms with Crippen LogP contribution in [0.5, 0.6) is 0 Å². The van der Waals surface area contributed by atoms with Gasteiger partial charge in [-0.25, -0.2) is 13.2 Å². The molecule has 0 spiro atoms. The molecule has 40 heavy (non-hydrogen) atoms. The first kappa shape index (κ1) is 37.9. The molecule has 0 rings (SSSR count). The summed E-state index contributed by atoms with van der Waals surface area (Å²) in [5, 5.41) is -7.69. The van der Waals surface area contributed by atoms with Crippen LogP contribution in [-0.4, -0.2) is 84.9 Å². The van der Waals surface area contributed by atoms with Gasteiger partial charge in [-0.1, -0.05) is 6.58 Å². The van der Waals surface area contributed by atoms with Gasteiger partial charge >= 0.3 is 52.9 Å². The normalized spacial score (nSPS) is 15.6. The maximum absolute atomic E-state index is 14.4. The van der Waals surface area contributed by atoms with Gasteiger partial charge in [0.2, 0.25) is 0 Å². The van der Waals surface area contributed by atoms with Crippen LogP contribution in [0.15, 0.2) is 12.2 Å². The van der Waals surface area contributed by atoms with Crippen molar-refractivity contribution in [3.05, 3.63) is 12.2 Å². The van der Waals surface area contributed by atoms with Crippen LogP contribution in [0.4, 0.5) is 74.6 Å². The summed E-state index contributed by atoms with van der Waals surface area (Å²) in [6.07, 6.45) is -7.91. The van der Waals surface area contributed by atoms with Crippen molar-refractivity contribution in [3.8, 4) is 0 Å². The number of esters is 1. The lowest BCUT2D eigenvalue weighted by Crippen LogP contribution is -2.75. The van der Waals surface area contributed by atoms with E-state index in [2.05, 4.69) is 11.3 Å². The summed E-state index contributed by atoms with van der Waals surface area (Å²) in [4.78, 5) is 11.3. The smallest absolute Gasteiger partial charge is 0.460 e. The van der Waals surface area contributed by atoms with Gasteiger partial charge in [-0.05, 0) is 20.8 Å². The fraction of sp³-hybridized carbons (Fsp3) is 0.824. The summed E-state index contributed by atoms with van der Waals surface area (Å²) in [5.74, 6) is -53.4. The predicted molar refractivity (Wildman–Crippen MR) is 97.2 cm³/mol. The Labute approximate surface area is 212 Å². The third kappa shape index (κ3) is 5.42. The maximum atomic E-state index is 14.4. The fourth-order valence-electron chi connectivity index (χ4n) is 2.47. The minimum absolute atomic E-state index is 0.411. The van der Waals surface area contributed by atoms with Crippen LogP contribution in [0.25, 0.3) is 0 Å². The molecule has 23 heteroatoms. The Bertz CT molecular complexity index is 1070. The van der Waals surface area contributed by atoms with Crippen molar-refractivity contribution >= 4 is 16.0 Å². The highest BCUT2D eigenvalue weighted by atomic mass is 32.2. The van der Waals surface area contributed by atoms with Crippen molar-refractivity contribution in [1.82, 2.24) is 4.31 Å². The lowest BCUT2D eigenvalue weighted by Gasteiger charge is -2.43. The Morgan fingerprint density at radius 1 is 0.700 bits per heavy atom. The number of carbonyl (C=O) groups is 1. The molecule has 0 saturated carbocycles. The molecule has 0 aromatic carbocycles. The molecule has 0 aromatic rings. The second kappa shape index (κ2) is 10.6. The first-order valence-electron chi connectivity index (χ1n) is 9.71. The number of alkyl halides is 17. The van der Waals surface area contributed by atoms with Crippen LogP contribution in [0, 0.1) is 0 Å². The standard InChI is InChI=1S/C17H16F17NO4S/c1-7(2)9(36)39-6-5-35(8(3)4)40(37,38)17(33,34)15(28,29)13(24,25)11(20,21)10(18,19)12(22,23)14(26,27)16(30,31)32/h8H,1,5-6H2,2-4H3. The van der Waals surface area contributed by atoms with Gasteiger partial charge in [0.15, 0.2) is 0 Å². The lowest BCUT2D eigenvalue weighted by atomic mass is 9.91. The van der Waals surface area contributed by atoms with E-state index < -0.39 is 92.0 Å². The maximum Gasteiger partial charge on any atom is 0.460 e. The van der Waals surface area contributed by atoms with Gasteiger partial charge < -0.3 is 4.74 Å². The summed E-state index contributed by atoms with van der Waals surface area (Å²) in [7, 11) is -7.49. The van der Waals surface area contributed by atoms with Crippen LogP contribution >= 0.6 is 0 Å². The predicted octanol–water partition coefficient (Wildman–Crippen LogP) is 6.11. The summed E-state index contributed by atoms with van der Waals surface area (Å²) in [5.41, 5.74) is -0.411. The Morgan fingerprint density at radius 2 is 1.02 bits per heavy atom. The van der Waals surface area contributed by atoms with Crippen LogP contribution in [0.3, 0.4) is 0 Å². The van der Waals surface area contributed by atoms with E-state index >= 15 is 0 Å². The van der Waals surface area contributed by atoms with E-state index in [1.54, 1.807) is 0 Å². The average molecular weight is 653 g/mol. The summed E-state index contributed by atoms with van der Waals surface area (Å²) in [6.45, 7) is 2.12. The van der Waals surface area contributed by atoms with E-state index in [0.717, 1.165) is 6.92 Å². The van der Waals surface area contributed by atoms with E-state index in [1.165, 1.54) is 0 Å². The van der Waals surface area contributed by atoms with E-state index in [1.807, 2.05) is 0 Å². The van der Waals surface area contributed by atoms with Crippen molar-refractivity contribution in [2.24, 2.45) is 0 Å². The number of rotatable bonds is 13. The molecule has 0 fully saturated rings. The highest BCUT2D eigenvalue weighted by molar-refractivity contribution is 7.90. The largest absolute Gasteiger partial charge is 0.461 e. The van der Waals surface area contributed by atoms with Crippen LogP contribution < -0.4 is 0 Å². The molecular weight excluding hydrogens is 637 g/mol. The molecule has 0 heterocycles. The van der Waals surface area contributed by atoms with Gasteiger partial charge in [0.25, 0.3) is 10.0 Å². The number of hydrogen-bond donors (Lipinski definition) is 0. The van der Waals surface area contributed by atoms with Crippen molar-refractivity contribution in [2.45, 2.75) is 73.8 Å². The van der Waals surface area contributed by atoms with E-state index in [-0.39, 0.29) is 0 Å². The third-order valence-corrected chi connectivity index (χ3v) is 6.92. The monoisotopic (exact) mass is 653 g/mol. The molecule has 0 aliphatic carbocycles. The van der Waals surface area contributed by atoms with Crippen LogP contribution in [-0.2, 0) is 19.6 Å². The van der Waals surface area contributed by atoms with Gasteiger partial charge in [-0.3, -0.25) is 0 Å². The Hall–Kier alpha value is -2.07. The molecule has 0 bridgehead atoms. The van der Waals surface area contributed by atoms with Crippen molar-refractivity contribution < 1.29 is 92.6 Å². The number of halogens is 17. The Balaban J connectivity index is 6.91. The van der Waals surface area contributed by atoms with E-state index in [0.29, 0.717) is 13.8 Å². The number of ether oxygens (including phenoxy) is 1. The molecule has 0 aromatic heterocycles. The molecule has 0 radical (unpaired) electrons. The topological polar surface area (TPSA) is 63.7 Å². The molecular formula is C17H16F17NO4S. The second-order valence-electron chi connectivity index (χ2n) is 8.09. The highest BCUT2D eigenvalue weighted by Gasteiger charge is 2.96. The number of sulfonamides is 1. The van der Waals surface area contributed by atoms with Crippen molar-refractivity contribution in [2.75, 3.05) is 13.2 Å². The van der Waals surface area contributed by atoms with Gasteiger partial charge in [-0.15, -0.1) is 0 Å². The molecule has 0 atom stereocenters. The lowest BCUT2D eigenvalue weighted by molar-refractivity contribution is -0.458. The zero-order valence-electron chi connectivity index (χ0n) is 19.6. The number of hydrogen-bond acceptors (Lipinski definition) is 4. The summed E-state index contributed by atoms with van der Waals surface area (Å²) < 4.78 is 256. The second-order valence-corrected chi connectivity index (χ2v) is 10.0. The molecule has 0 aliphatic rings. The summed E-state index contributed by atoms with van der Waals surface area (Å²) >= 11 is 0. The SMILES string of the molecule is C=C(C)C(=O)OCCN(C(C)C)S(=O)(=O)C(F)(F)C(F)(F)C(F)(F)C(F)(F)C(F)(F)C(F)(F)C(F)(F)C(F)(F)F. The molecule has 5 nitrogen and oxygen atoms in total. The highest BCUT2D eigenvalue weighted by Crippen LogP contribution is 2.64. The molecule has 0 amide bonds. The zero-order valence-corrected chi connectivity index (χ0v) is 20.4. The molecule has 0 aliphatic heterocycles. The number of nitrogens with zero attached hydrogens (tertiary/aromatic N) is 1. The van der Waals surface area contributed by atoms with Crippen LogP contribution in [0.1, 0.15) is 20.8 Å². The molecule has 0 unspecified atom stereocenters. The average Bonchev–Trinajstić information content (AvgIpc) is 2.73. The quantitative estimate of drug-likeness (QED) is 0.137. The van der Waals surface area contributed by atoms with Gasteiger partial charge in [0.05, 0.1) is 0 Å². The molecule has 0 saturated heterocycles. The van der Waals surface area contributed by atoms with Gasteiger partial charge in [0, 0.05) is 18.2 Å². The van der Waals surface area contributed by atoms with E-state index in [4.69, 9.17) is 0 Å². The summed E-state index contributed by atoms with van der Waals surface area (Å²) in [6, 6.07) is -2.03. The molecule has 0 N–H and O–H groups in total. The Morgan fingerprint density at radius 3 is 1.32 bits per heavy atom. The van der Waals surface area contributed by atoms with Crippen molar-refractivity contribution in [1.29, 1.82) is 0 Å². The minimum Gasteiger partial charge on any atom is -0.461 e. The third-order valence-electron chi connectivity index (χ3n) is 4.80. The Kier molecular flexibility index (Phi) is 10.1. The van der Waals surface area contributed by atoms with E-state index in [9.17, 15) is 87.8 Å². The first-order valence-corrected chi connectivity index (χ1v) is 11.2. The molecule has 238 valence electrons. The number of carbonyl (C=O) groups excluding carboxylic acids is 1.